The van der Waals surface area contributed by atoms with Crippen molar-refractivity contribution < 1.29 is 9.59 Å². The van der Waals surface area contributed by atoms with E-state index >= 15 is 0 Å². The number of nitrogens with zero attached hydrogens (tertiary/aromatic N) is 2. The normalized spacial score (nSPS) is 15.6. The van der Waals surface area contributed by atoms with Crippen LogP contribution >= 0.6 is 0 Å². The van der Waals surface area contributed by atoms with Crippen LogP contribution in [0, 0.1) is 19.8 Å². The molecular formula is C29H34N4O3. The first kappa shape index (κ1) is 25.4. The van der Waals surface area contributed by atoms with Gasteiger partial charge in [-0.3, -0.25) is 19.0 Å². The maximum Gasteiger partial charge on any atom is 0.278 e. The van der Waals surface area contributed by atoms with Gasteiger partial charge < -0.3 is 10.6 Å². The van der Waals surface area contributed by atoms with Crippen molar-refractivity contribution in [2.45, 2.75) is 66.0 Å². The molecular weight excluding hydrogens is 452 g/mol. The van der Waals surface area contributed by atoms with Crippen LogP contribution < -0.4 is 16.2 Å². The van der Waals surface area contributed by atoms with Crippen molar-refractivity contribution in [2.75, 3.05) is 5.32 Å². The van der Waals surface area contributed by atoms with Crippen LogP contribution in [-0.2, 0) is 22.6 Å². The fraction of sp³-hybridized carbons (Fsp3) is 0.379. The molecule has 0 unspecified atom stereocenters. The molecule has 0 saturated carbocycles. The van der Waals surface area contributed by atoms with Gasteiger partial charge in [-0.05, 0) is 56.2 Å². The highest BCUT2D eigenvalue weighted by Crippen LogP contribution is 2.29. The Labute approximate surface area is 212 Å². The maximum absolute atomic E-state index is 13.5. The number of aryl methyl sites for hydroxylation is 3. The van der Waals surface area contributed by atoms with Crippen molar-refractivity contribution in [3.63, 3.8) is 0 Å². The number of amides is 2. The number of nitrogens with one attached hydrogen (secondary N) is 2. The molecule has 1 aromatic heterocycles. The lowest BCUT2D eigenvalue weighted by Crippen LogP contribution is -2.38. The third kappa shape index (κ3) is 5.40. The standard InChI is InChI=1S/C29H34N4O3/c1-5-19(3)28(35)32-25-16-30-27(22-14-13-18(2)15-20(22)4)33(29(25)36)17-26(34)31-24-12-8-10-21-9-6-7-11-23(21)24/h6-7,9,11,13-16,19,24H,5,8,10,12,17H2,1-4H3,(H,31,34)(H,32,35)/t19-,24-/m1/s1. The first-order chi connectivity index (χ1) is 17.3. The molecule has 0 aliphatic heterocycles. The summed E-state index contributed by atoms with van der Waals surface area (Å²) in [5, 5.41) is 5.83. The zero-order valence-corrected chi connectivity index (χ0v) is 21.4. The van der Waals surface area contributed by atoms with Gasteiger partial charge in [0.2, 0.25) is 11.8 Å². The molecule has 4 rings (SSSR count). The number of benzene rings is 2. The average Bonchev–Trinajstić information content (AvgIpc) is 2.86. The number of aromatic nitrogens is 2. The molecule has 0 fully saturated rings. The predicted molar refractivity (Wildman–Crippen MR) is 142 cm³/mol. The van der Waals surface area contributed by atoms with E-state index < -0.39 is 5.56 Å². The summed E-state index contributed by atoms with van der Waals surface area (Å²) in [6, 6.07) is 13.9. The summed E-state index contributed by atoms with van der Waals surface area (Å²) in [6.45, 7) is 7.48. The Morgan fingerprint density at radius 3 is 2.69 bits per heavy atom. The van der Waals surface area contributed by atoms with Crippen molar-refractivity contribution in [2.24, 2.45) is 5.92 Å². The second-order valence-electron chi connectivity index (χ2n) is 9.71. The number of anilines is 1. The van der Waals surface area contributed by atoms with Gasteiger partial charge in [-0.25, -0.2) is 4.98 Å². The highest BCUT2D eigenvalue weighted by Gasteiger charge is 2.23. The Morgan fingerprint density at radius 1 is 1.17 bits per heavy atom. The van der Waals surface area contributed by atoms with Gasteiger partial charge in [0.05, 0.1) is 12.2 Å². The van der Waals surface area contributed by atoms with Crippen molar-refractivity contribution in [3.8, 4) is 11.4 Å². The van der Waals surface area contributed by atoms with Gasteiger partial charge in [0.15, 0.2) is 0 Å². The summed E-state index contributed by atoms with van der Waals surface area (Å²) in [4.78, 5) is 43.8. The van der Waals surface area contributed by atoms with Crippen molar-refractivity contribution in [1.29, 1.82) is 0 Å². The summed E-state index contributed by atoms with van der Waals surface area (Å²) < 4.78 is 1.37. The van der Waals surface area contributed by atoms with Crippen molar-refractivity contribution >= 4 is 17.5 Å². The Bertz CT molecular complexity index is 1340. The highest BCUT2D eigenvalue weighted by molar-refractivity contribution is 5.92. The summed E-state index contributed by atoms with van der Waals surface area (Å²) in [7, 11) is 0. The van der Waals surface area contributed by atoms with Crippen molar-refractivity contribution in [3.05, 3.63) is 81.3 Å². The van der Waals surface area contributed by atoms with E-state index in [4.69, 9.17) is 0 Å². The first-order valence-corrected chi connectivity index (χ1v) is 12.6. The topological polar surface area (TPSA) is 93.1 Å². The molecule has 1 aliphatic carbocycles. The minimum atomic E-state index is -0.448. The Kier molecular flexibility index (Phi) is 7.67. The lowest BCUT2D eigenvalue weighted by molar-refractivity contribution is -0.122. The molecule has 0 radical (unpaired) electrons. The number of carbonyl (C=O) groups excluding carboxylic acids is 2. The second-order valence-corrected chi connectivity index (χ2v) is 9.71. The molecule has 188 valence electrons. The van der Waals surface area contributed by atoms with Gasteiger partial charge in [-0.2, -0.15) is 0 Å². The molecule has 2 amide bonds. The molecule has 0 saturated heterocycles. The van der Waals surface area contributed by atoms with Crippen LogP contribution in [0.3, 0.4) is 0 Å². The second kappa shape index (κ2) is 10.9. The summed E-state index contributed by atoms with van der Waals surface area (Å²) in [5.74, 6) is -0.354. The van der Waals surface area contributed by atoms with Crippen LogP contribution in [0.1, 0.15) is 61.4 Å². The molecule has 0 spiro atoms. The van der Waals surface area contributed by atoms with E-state index in [9.17, 15) is 14.4 Å². The third-order valence-corrected chi connectivity index (χ3v) is 6.99. The molecule has 1 heterocycles. The minimum absolute atomic E-state index is 0.0737. The molecule has 0 bridgehead atoms. The molecule has 7 nitrogen and oxygen atoms in total. The molecule has 2 atom stereocenters. The van der Waals surface area contributed by atoms with Gasteiger partial charge in [0.25, 0.3) is 5.56 Å². The Morgan fingerprint density at radius 2 is 1.94 bits per heavy atom. The lowest BCUT2D eigenvalue weighted by Gasteiger charge is -2.26. The molecule has 2 aromatic carbocycles. The highest BCUT2D eigenvalue weighted by atomic mass is 16.2. The van der Waals surface area contributed by atoms with Crippen LogP contribution in [0.4, 0.5) is 5.69 Å². The molecule has 2 N–H and O–H groups in total. The quantitative estimate of drug-likeness (QED) is 0.506. The molecule has 36 heavy (non-hydrogen) atoms. The van der Waals surface area contributed by atoms with E-state index in [2.05, 4.69) is 27.8 Å². The van der Waals surface area contributed by atoms with E-state index in [0.717, 1.165) is 41.5 Å². The molecule has 1 aliphatic rings. The number of rotatable bonds is 7. The number of fused-ring (bicyclic) bond motifs is 1. The largest absolute Gasteiger partial charge is 0.348 e. The van der Waals surface area contributed by atoms with Gasteiger partial charge in [0, 0.05) is 11.5 Å². The van der Waals surface area contributed by atoms with E-state index in [1.807, 2.05) is 51.1 Å². The zero-order chi connectivity index (χ0) is 25.8. The van der Waals surface area contributed by atoms with Gasteiger partial charge >= 0.3 is 0 Å². The number of hydrogen-bond donors (Lipinski definition) is 2. The fourth-order valence-corrected chi connectivity index (χ4v) is 4.73. The lowest BCUT2D eigenvalue weighted by atomic mass is 9.88. The van der Waals surface area contributed by atoms with Gasteiger partial charge in [0.1, 0.15) is 18.1 Å². The van der Waals surface area contributed by atoms with Gasteiger partial charge in [-0.1, -0.05) is 61.9 Å². The smallest absolute Gasteiger partial charge is 0.278 e. The predicted octanol–water partition coefficient (Wildman–Crippen LogP) is 4.71. The summed E-state index contributed by atoms with van der Waals surface area (Å²) in [5.41, 5.74) is 4.82. The van der Waals surface area contributed by atoms with Crippen LogP contribution in [0.15, 0.2) is 53.5 Å². The first-order valence-electron chi connectivity index (χ1n) is 12.6. The van der Waals surface area contributed by atoms with E-state index in [-0.39, 0.29) is 36.0 Å². The molecule has 3 aromatic rings. The summed E-state index contributed by atoms with van der Waals surface area (Å²) >= 11 is 0. The molecule has 7 heteroatoms. The van der Waals surface area contributed by atoms with Crippen LogP contribution in [0.5, 0.6) is 0 Å². The zero-order valence-electron chi connectivity index (χ0n) is 21.4. The van der Waals surface area contributed by atoms with E-state index in [1.165, 1.54) is 16.3 Å². The fourth-order valence-electron chi connectivity index (χ4n) is 4.73. The number of hydrogen-bond acceptors (Lipinski definition) is 4. The minimum Gasteiger partial charge on any atom is -0.348 e. The summed E-state index contributed by atoms with van der Waals surface area (Å²) in [6.07, 6.45) is 4.89. The number of carbonyl (C=O) groups is 2. The SMILES string of the molecule is CC[C@@H](C)C(=O)Nc1cnc(-c2ccc(C)cc2C)n(CC(=O)N[C@@H]2CCCc3ccccc32)c1=O. The monoisotopic (exact) mass is 486 g/mol. The maximum atomic E-state index is 13.5. The van der Waals surface area contributed by atoms with Crippen LogP contribution in [0.25, 0.3) is 11.4 Å². The van der Waals surface area contributed by atoms with Crippen LogP contribution in [0.2, 0.25) is 0 Å². The van der Waals surface area contributed by atoms with E-state index in [0.29, 0.717) is 12.2 Å². The van der Waals surface area contributed by atoms with Gasteiger partial charge in [-0.15, -0.1) is 0 Å². The third-order valence-electron chi connectivity index (χ3n) is 6.99. The Hall–Kier alpha value is -3.74. The van der Waals surface area contributed by atoms with Crippen molar-refractivity contribution in [1.82, 2.24) is 14.9 Å². The van der Waals surface area contributed by atoms with E-state index in [1.54, 1.807) is 6.92 Å². The van der Waals surface area contributed by atoms with Crippen LogP contribution in [-0.4, -0.2) is 21.4 Å². The average molecular weight is 487 g/mol. The Balaban J connectivity index is 1.68.